The van der Waals surface area contributed by atoms with Crippen LogP contribution in [0.25, 0.3) is 0 Å². The SMILES string of the molecule is CCOC(=O)C1CCC(NC(c2cccs2)c2cccs2)CC1. The van der Waals surface area contributed by atoms with E-state index in [1.165, 1.54) is 9.75 Å². The van der Waals surface area contributed by atoms with Gasteiger partial charge in [0.15, 0.2) is 0 Å². The molecular weight excluding hydrogens is 326 g/mol. The molecule has 2 aromatic rings. The molecule has 5 heteroatoms. The van der Waals surface area contributed by atoms with Gasteiger partial charge in [0.1, 0.15) is 0 Å². The van der Waals surface area contributed by atoms with Crippen molar-refractivity contribution in [2.75, 3.05) is 6.61 Å². The predicted octanol–water partition coefficient (Wildman–Crippen LogP) is 4.61. The molecule has 1 aliphatic rings. The Kier molecular flexibility index (Phi) is 5.86. The van der Waals surface area contributed by atoms with Crippen molar-refractivity contribution >= 4 is 28.6 Å². The summed E-state index contributed by atoms with van der Waals surface area (Å²) in [6.45, 7) is 2.35. The molecule has 3 rings (SSSR count). The van der Waals surface area contributed by atoms with E-state index < -0.39 is 0 Å². The molecule has 0 unspecified atom stereocenters. The smallest absolute Gasteiger partial charge is 0.308 e. The second-order valence-electron chi connectivity index (χ2n) is 5.93. The quantitative estimate of drug-likeness (QED) is 0.774. The Hall–Kier alpha value is -1.17. The average molecular weight is 350 g/mol. The van der Waals surface area contributed by atoms with Crippen molar-refractivity contribution in [3.8, 4) is 0 Å². The maximum atomic E-state index is 11.9. The van der Waals surface area contributed by atoms with Gasteiger partial charge in [-0.1, -0.05) is 12.1 Å². The highest BCUT2D eigenvalue weighted by atomic mass is 32.1. The molecule has 3 nitrogen and oxygen atoms in total. The number of esters is 1. The van der Waals surface area contributed by atoms with Gasteiger partial charge in [-0.15, -0.1) is 22.7 Å². The molecule has 2 aromatic heterocycles. The van der Waals surface area contributed by atoms with Crippen molar-refractivity contribution in [1.29, 1.82) is 0 Å². The summed E-state index contributed by atoms with van der Waals surface area (Å²) in [5, 5.41) is 8.09. The van der Waals surface area contributed by atoms with E-state index in [4.69, 9.17) is 4.74 Å². The maximum Gasteiger partial charge on any atom is 0.308 e. The number of thiophene rings is 2. The molecule has 2 heterocycles. The van der Waals surface area contributed by atoms with Crippen LogP contribution in [0.2, 0.25) is 0 Å². The van der Waals surface area contributed by atoms with Crippen LogP contribution >= 0.6 is 22.7 Å². The fraction of sp³-hybridized carbons (Fsp3) is 0.500. The molecule has 0 aromatic carbocycles. The lowest BCUT2D eigenvalue weighted by Gasteiger charge is -2.31. The van der Waals surface area contributed by atoms with Crippen LogP contribution in [0.1, 0.15) is 48.4 Å². The minimum atomic E-state index is -0.0148. The van der Waals surface area contributed by atoms with Crippen LogP contribution in [-0.4, -0.2) is 18.6 Å². The first-order valence-corrected chi connectivity index (χ1v) is 10.0. The van der Waals surface area contributed by atoms with E-state index in [1.54, 1.807) is 22.7 Å². The molecule has 0 bridgehead atoms. The van der Waals surface area contributed by atoms with Gasteiger partial charge in [-0.25, -0.2) is 0 Å². The van der Waals surface area contributed by atoms with Crippen LogP contribution < -0.4 is 5.32 Å². The van der Waals surface area contributed by atoms with E-state index in [0.29, 0.717) is 12.6 Å². The number of rotatable bonds is 6. The van der Waals surface area contributed by atoms with Crippen LogP contribution in [0.4, 0.5) is 0 Å². The molecule has 0 atom stereocenters. The molecular formula is C18H23NO2S2. The molecule has 0 radical (unpaired) electrons. The van der Waals surface area contributed by atoms with Gasteiger partial charge < -0.3 is 10.1 Å². The highest BCUT2D eigenvalue weighted by Gasteiger charge is 2.29. The van der Waals surface area contributed by atoms with Gasteiger partial charge in [0.25, 0.3) is 0 Å². The summed E-state index contributed by atoms with van der Waals surface area (Å²) in [5.41, 5.74) is 0. The van der Waals surface area contributed by atoms with Crippen molar-refractivity contribution in [2.24, 2.45) is 5.92 Å². The van der Waals surface area contributed by atoms with Gasteiger partial charge in [0, 0.05) is 15.8 Å². The number of hydrogen-bond donors (Lipinski definition) is 1. The van der Waals surface area contributed by atoms with Gasteiger partial charge >= 0.3 is 5.97 Å². The molecule has 1 N–H and O–H groups in total. The zero-order valence-corrected chi connectivity index (χ0v) is 15.0. The monoisotopic (exact) mass is 349 g/mol. The second kappa shape index (κ2) is 8.08. The summed E-state index contributed by atoms with van der Waals surface area (Å²) in [5.74, 6) is 0.0777. The Morgan fingerprint density at radius 1 is 1.17 bits per heavy atom. The van der Waals surface area contributed by atoms with Gasteiger partial charge in [0.2, 0.25) is 0 Å². The number of carbonyl (C=O) groups is 1. The molecule has 0 spiro atoms. The highest BCUT2D eigenvalue weighted by Crippen LogP contribution is 2.32. The molecule has 0 aliphatic heterocycles. The fourth-order valence-electron chi connectivity index (χ4n) is 3.21. The lowest BCUT2D eigenvalue weighted by atomic mass is 9.85. The maximum absolute atomic E-state index is 11.9. The first-order chi connectivity index (χ1) is 11.3. The van der Waals surface area contributed by atoms with E-state index in [1.807, 2.05) is 6.92 Å². The predicted molar refractivity (Wildman–Crippen MR) is 96.0 cm³/mol. The number of nitrogens with one attached hydrogen (secondary N) is 1. The van der Waals surface area contributed by atoms with Gasteiger partial charge in [-0.2, -0.15) is 0 Å². The molecule has 23 heavy (non-hydrogen) atoms. The summed E-state index contributed by atoms with van der Waals surface area (Å²) in [7, 11) is 0. The summed E-state index contributed by atoms with van der Waals surface area (Å²) >= 11 is 3.60. The molecule has 124 valence electrons. The molecule has 1 fully saturated rings. The van der Waals surface area contributed by atoms with E-state index >= 15 is 0 Å². The number of hydrogen-bond acceptors (Lipinski definition) is 5. The van der Waals surface area contributed by atoms with E-state index in [9.17, 15) is 4.79 Å². The van der Waals surface area contributed by atoms with Crippen molar-refractivity contribution in [1.82, 2.24) is 5.32 Å². The average Bonchev–Trinajstić information content (AvgIpc) is 3.27. The zero-order chi connectivity index (χ0) is 16.1. The van der Waals surface area contributed by atoms with Gasteiger partial charge in [0.05, 0.1) is 18.6 Å². The summed E-state index contributed by atoms with van der Waals surface area (Å²) in [6.07, 6.45) is 3.93. The van der Waals surface area contributed by atoms with E-state index in [0.717, 1.165) is 25.7 Å². The van der Waals surface area contributed by atoms with Crippen molar-refractivity contribution in [2.45, 2.75) is 44.7 Å². The van der Waals surface area contributed by atoms with Gasteiger partial charge in [-0.05, 0) is 55.5 Å². The molecule has 1 aliphatic carbocycles. The van der Waals surface area contributed by atoms with E-state index in [2.05, 4.69) is 40.3 Å². The third-order valence-electron chi connectivity index (χ3n) is 4.40. The zero-order valence-electron chi connectivity index (χ0n) is 13.4. The van der Waals surface area contributed by atoms with E-state index in [-0.39, 0.29) is 17.9 Å². The van der Waals surface area contributed by atoms with Crippen LogP contribution in [0.5, 0.6) is 0 Å². The summed E-state index contributed by atoms with van der Waals surface area (Å²) in [4.78, 5) is 14.6. The third-order valence-corrected chi connectivity index (χ3v) is 6.28. The lowest BCUT2D eigenvalue weighted by molar-refractivity contribution is -0.149. The lowest BCUT2D eigenvalue weighted by Crippen LogP contribution is -2.37. The largest absolute Gasteiger partial charge is 0.466 e. The highest BCUT2D eigenvalue weighted by molar-refractivity contribution is 7.11. The molecule has 0 amide bonds. The van der Waals surface area contributed by atoms with Crippen LogP contribution in [0.3, 0.4) is 0 Å². The number of carbonyl (C=O) groups excluding carboxylic acids is 1. The Morgan fingerprint density at radius 3 is 2.26 bits per heavy atom. The second-order valence-corrected chi connectivity index (χ2v) is 7.89. The van der Waals surface area contributed by atoms with Crippen LogP contribution in [0, 0.1) is 5.92 Å². The normalized spacial score (nSPS) is 21.5. The van der Waals surface area contributed by atoms with Crippen molar-refractivity contribution < 1.29 is 9.53 Å². The van der Waals surface area contributed by atoms with Gasteiger partial charge in [-0.3, -0.25) is 4.79 Å². The summed E-state index contributed by atoms with van der Waals surface area (Å²) < 4.78 is 5.16. The number of ether oxygens (including phenoxy) is 1. The molecule has 1 saturated carbocycles. The molecule has 0 saturated heterocycles. The minimum absolute atomic E-state index is 0.0148. The van der Waals surface area contributed by atoms with Crippen LogP contribution in [0.15, 0.2) is 35.0 Å². The summed E-state index contributed by atoms with van der Waals surface area (Å²) in [6, 6.07) is 9.37. The first-order valence-electron chi connectivity index (χ1n) is 8.27. The fourth-order valence-corrected chi connectivity index (χ4v) is 4.89. The van der Waals surface area contributed by atoms with Crippen LogP contribution in [-0.2, 0) is 9.53 Å². The Bertz CT molecular complexity index is 552. The Balaban J connectivity index is 1.61. The standard InChI is InChI=1S/C18H23NO2S2/c1-2-21-18(20)13-7-9-14(10-8-13)19-17(15-5-3-11-22-15)16-6-4-12-23-16/h3-6,11-14,17,19H,2,7-10H2,1H3. The van der Waals surface area contributed by atoms with Crippen molar-refractivity contribution in [3.05, 3.63) is 44.8 Å². The van der Waals surface area contributed by atoms with Crippen molar-refractivity contribution in [3.63, 3.8) is 0 Å². The first kappa shape index (κ1) is 16.7. The minimum Gasteiger partial charge on any atom is -0.466 e. The third kappa shape index (κ3) is 4.22. The Morgan fingerprint density at radius 2 is 1.78 bits per heavy atom. The topological polar surface area (TPSA) is 38.3 Å². The Labute approximate surface area is 145 Å².